The Kier molecular flexibility index (Phi) is 2.80. The first kappa shape index (κ1) is 11.9. The molecule has 0 fully saturated rings. The summed E-state index contributed by atoms with van der Waals surface area (Å²) in [5, 5.41) is 4.10. The van der Waals surface area contributed by atoms with E-state index in [9.17, 15) is 0 Å². The summed E-state index contributed by atoms with van der Waals surface area (Å²) in [6, 6.07) is 10.3. The lowest BCUT2D eigenvalue weighted by atomic mass is 10.0. The van der Waals surface area contributed by atoms with Gasteiger partial charge in [-0.15, -0.1) is 0 Å². The van der Waals surface area contributed by atoms with E-state index >= 15 is 0 Å². The highest BCUT2D eigenvalue weighted by Gasteiger charge is 2.12. The molecule has 1 nitrogen and oxygen atoms in total. The van der Waals surface area contributed by atoms with Gasteiger partial charge >= 0.3 is 0 Å². The lowest BCUT2D eigenvalue weighted by Gasteiger charge is -2.10. The molecule has 3 rings (SSSR count). The standard InChI is InChI=1S/C15H11BrClN/c1-8-9(2)18-15-11-6-4-3-5-10(11)13(16)7-12(15)14(8)17/h3-7H,1-2H3. The van der Waals surface area contributed by atoms with Crippen LogP contribution in [0.5, 0.6) is 0 Å². The first-order valence-corrected chi connectivity index (χ1v) is 6.90. The number of hydrogen-bond donors (Lipinski definition) is 0. The Morgan fingerprint density at radius 3 is 2.44 bits per heavy atom. The molecule has 0 N–H and O–H groups in total. The Balaban J connectivity index is 2.64. The van der Waals surface area contributed by atoms with Crippen molar-refractivity contribution in [2.24, 2.45) is 0 Å². The Hall–Kier alpha value is -1.12. The van der Waals surface area contributed by atoms with E-state index in [1.54, 1.807) is 0 Å². The number of halogens is 2. The minimum Gasteiger partial charge on any atom is -0.252 e. The maximum atomic E-state index is 6.44. The Labute approximate surface area is 119 Å². The average Bonchev–Trinajstić information content (AvgIpc) is 2.38. The molecule has 3 heteroatoms. The zero-order valence-corrected chi connectivity index (χ0v) is 12.4. The number of aryl methyl sites for hydroxylation is 1. The van der Waals surface area contributed by atoms with E-state index in [0.717, 1.165) is 42.4 Å². The first-order chi connectivity index (χ1) is 8.59. The molecule has 3 aromatic rings. The van der Waals surface area contributed by atoms with Gasteiger partial charge < -0.3 is 0 Å². The number of aromatic nitrogens is 1. The third kappa shape index (κ3) is 1.63. The molecule has 0 spiro atoms. The molecule has 0 atom stereocenters. The topological polar surface area (TPSA) is 12.9 Å². The Bertz CT molecular complexity index is 780. The summed E-state index contributed by atoms with van der Waals surface area (Å²) in [6.45, 7) is 4.00. The molecular weight excluding hydrogens is 310 g/mol. The first-order valence-electron chi connectivity index (χ1n) is 5.73. The fourth-order valence-electron chi connectivity index (χ4n) is 2.22. The number of nitrogens with zero attached hydrogens (tertiary/aromatic N) is 1. The van der Waals surface area contributed by atoms with E-state index < -0.39 is 0 Å². The van der Waals surface area contributed by atoms with Crippen LogP contribution >= 0.6 is 27.5 Å². The average molecular weight is 321 g/mol. The second kappa shape index (κ2) is 4.22. The summed E-state index contributed by atoms with van der Waals surface area (Å²) in [6.07, 6.45) is 0. The highest BCUT2D eigenvalue weighted by Crippen LogP contribution is 2.36. The van der Waals surface area contributed by atoms with E-state index in [4.69, 9.17) is 16.6 Å². The molecule has 18 heavy (non-hydrogen) atoms. The minimum absolute atomic E-state index is 0.795. The van der Waals surface area contributed by atoms with Crippen molar-refractivity contribution in [1.82, 2.24) is 4.98 Å². The summed E-state index contributed by atoms with van der Waals surface area (Å²) in [5.74, 6) is 0. The van der Waals surface area contributed by atoms with Crippen LogP contribution in [0.3, 0.4) is 0 Å². The van der Waals surface area contributed by atoms with Gasteiger partial charge in [-0.3, -0.25) is 4.98 Å². The number of fused-ring (bicyclic) bond motifs is 3. The molecule has 1 aromatic heterocycles. The zero-order valence-electron chi connectivity index (χ0n) is 10.1. The van der Waals surface area contributed by atoms with Gasteiger partial charge in [-0.25, -0.2) is 0 Å². The summed E-state index contributed by atoms with van der Waals surface area (Å²) in [5.41, 5.74) is 3.01. The van der Waals surface area contributed by atoms with Crippen LogP contribution in [0, 0.1) is 13.8 Å². The van der Waals surface area contributed by atoms with Crippen LogP contribution in [-0.4, -0.2) is 4.98 Å². The third-order valence-corrected chi connectivity index (χ3v) is 4.50. The highest BCUT2D eigenvalue weighted by molar-refractivity contribution is 9.10. The summed E-state index contributed by atoms with van der Waals surface area (Å²) in [4.78, 5) is 4.70. The lowest BCUT2D eigenvalue weighted by Crippen LogP contribution is -1.92. The Morgan fingerprint density at radius 1 is 1.06 bits per heavy atom. The van der Waals surface area contributed by atoms with Gasteiger partial charge in [-0.2, -0.15) is 0 Å². The van der Waals surface area contributed by atoms with Gasteiger partial charge in [0.15, 0.2) is 0 Å². The molecule has 0 bridgehead atoms. The van der Waals surface area contributed by atoms with Crippen LogP contribution in [0.1, 0.15) is 11.3 Å². The van der Waals surface area contributed by atoms with Crippen LogP contribution < -0.4 is 0 Å². The van der Waals surface area contributed by atoms with Crippen molar-refractivity contribution < 1.29 is 0 Å². The molecule has 0 aliphatic heterocycles. The van der Waals surface area contributed by atoms with Gasteiger partial charge in [0.2, 0.25) is 0 Å². The molecule has 0 saturated carbocycles. The summed E-state index contributed by atoms with van der Waals surface area (Å²) >= 11 is 10.1. The van der Waals surface area contributed by atoms with E-state index in [1.807, 2.05) is 26.0 Å². The van der Waals surface area contributed by atoms with Gasteiger partial charge in [0, 0.05) is 20.9 Å². The van der Waals surface area contributed by atoms with Crippen LogP contribution in [0.2, 0.25) is 5.02 Å². The summed E-state index contributed by atoms with van der Waals surface area (Å²) in [7, 11) is 0. The molecule has 1 heterocycles. The second-order valence-electron chi connectivity index (χ2n) is 4.44. The molecule has 90 valence electrons. The normalized spacial score (nSPS) is 11.3. The zero-order chi connectivity index (χ0) is 12.9. The van der Waals surface area contributed by atoms with E-state index in [0.29, 0.717) is 0 Å². The van der Waals surface area contributed by atoms with Gasteiger partial charge in [0.25, 0.3) is 0 Å². The second-order valence-corrected chi connectivity index (χ2v) is 5.67. The molecular formula is C15H11BrClN. The Morgan fingerprint density at radius 2 is 1.72 bits per heavy atom. The molecule has 0 radical (unpaired) electrons. The maximum absolute atomic E-state index is 6.44. The fraction of sp³-hybridized carbons (Fsp3) is 0.133. The smallest absolute Gasteiger partial charge is 0.0799 e. The fourth-order valence-corrected chi connectivity index (χ4v) is 3.07. The van der Waals surface area contributed by atoms with Crippen molar-refractivity contribution in [3.05, 3.63) is 51.1 Å². The predicted molar refractivity (Wildman–Crippen MR) is 81.4 cm³/mol. The summed E-state index contributed by atoms with van der Waals surface area (Å²) < 4.78 is 1.05. The number of pyridine rings is 1. The monoisotopic (exact) mass is 319 g/mol. The molecule has 0 amide bonds. The van der Waals surface area contributed by atoms with Crippen LogP contribution in [0.15, 0.2) is 34.8 Å². The van der Waals surface area contributed by atoms with Crippen molar-refractivity contribution in [3.63, 3.8) is 0 Å². The van der Waals surface area contributed by atoms with Crippen molar-refractivity contribution >= 4 is 49.2 Å². The molecule has 0 unspecified atom stereocenters. The highest BCUT2D eigenvalue weighted by atomic mass is 79.9. The van der Waals surface area contributed by atoms with Gasteiger partial charge in [-0.05, 0) is 30.9 Å². The number of hydrogen-bond acceptors (Lipinski definition) is 1. The maximum Gasteiger partial charge on any atom is 0.0799 e. The number of benzene rings is 2. The van der Waals surface area contributed by atoms with Crippen LogP contribution in [0.4, 0.5) is 0 Å². The SMILES string of the molecule is Cc1nc2c(cc(Br)c3ccccc32)c(Cl)c1C. The van der Waals surface area contributed by atoms with Gasteiger partial charge in [0.05, 0.1) is 10.5 Å². The largest absolute Gasteiger partial charge is 0.252 e. The van der Waals surface area contributed by atoms with Crippen molar-refractivity contribution in [3.8, 4) is 0 Å². The third-order valence-electron chi connectivity index (χ3n) is 3.35. The lowest BCUT2D eigenvalue weighted by molar-refractivity contribution is 1.20. The van der Waals surface area contributed by atoms with Crippen molar-refractivity contribution in [1.29, 1.82) is 0 Å². The molecule has 0 aliphatic rings. The van der Waals surface area contributed by atoms with Gasteiger partial charge in [-0.1, -0.05) is 51.8 Å². The predicted octanol–water partition coefficient (Wildman–Crippen LogP) is 5.42. The molecule has 0 aliphatic carbocycles. The van der Waals surface area contributed by atoms with E-state index in [2.05, 4.69) is 34.1 Å². The van der Waals surface area contributed by atoms with E-state index in [1.165, 1.54) is 0 Å². The van der Waals surface area contributed by atoms with Crippen molar-refractivity contribution in [2.75, 3.05) is 0 Å². The van der Waals surface area contributed by atoms with Crippen LogP contribution in [-0.2, 0) is 0 Å². The van der Waals surface area contributed by atoms with E-state index in [-0.39, 0.29) is 0 Å². The number of rotatable bonds is 0. The molecule has 2 aromatic carbocycles. The van der Waals surface area contributed by atoms with Crippen molar-refractivity contribution in [2.45, 2.75) is 13.8 Å². The minimum atomic E-state index is 0.795. The molecule has 0 saturated heterocycles. The van der Waals surface area contributed by atoms with Crippen LogP contribution in [0.25, 0.3) is 21.7 Å². The quantitative estimate of drug-likeness (QED) is 0.504. The van der Waals surface area contributed by atoms with Gasteiger partial charge in [0.1, 0.15) is 0 Å².